The van der Waals surface area contributed by atoms with Crippen LogP contribution >= 0.6 is 15.9 Å². The lowest BCUT2D eigenvalue weighted by molar-refractivity contribution is 0.111. The molecule has 0 radical (unpaired) electrons. The molecule has 1 aromatic carbocycles. The van der Waals surface area contributed by atoms with Crippen LogP contribution in [0.15, 0.2) is 22.7 Å². The normalized spacial score (nSPS) is 27.4. The molecular weight excluding hydrogens is 238 g/mol. The Bertz CT molecular complexity index is 382. The molecule has 1 nitrogen and oxygen atoms in total. The van der Waals surface area contributed by atoms with Crippen LogP contribution in [0, 0.1) is 5.41 Å². The van der Waals surface area contributed by atoms with Gasteiger partial charge in [0.25, 0.3) is 0 Å². The molecule has 0 heterocycles. The van der Waals surface area contributed by atoms with E-state index in [0.717, 1.165) is 4.47 Å². The van der Waals surface area contributed by atoms with E-state index in [9.17, 15) is 0 Å². The van der Waals surface area contributed by atoms with E-state index in [1.807, 2.05) is 0 Å². The van der Waals surface area contributed by atoms with Crippen molar-refractivity contribution in [2.45, 2.75) is 31.7 Å². The summed E-state index contributed by atoms with van der Waals surface area (Å²) >= 11 is 3.51. The van der Waals surface area contributed by atoms with Crippen LogP contribution < -0.4 is 5.73 Å². The van der Waals surface area contributed by atoms with Crippen molar-refractivity contribution < 1.29 is 0 Å². The summed E-state index contributed by atoms with van der Waals surface area (Å²) in [6, 6.07) is 6.84. The quantitative estimate of drug-likeness (QED) is 0.754. The summed E-state index contributed by atoms with van der Waals surface area (Å²) in [6.07, 6.45) is 5.21. The van der Waals surface area contributed by atoms with E-state index < -0.39 is 0 Å². The monoisotopic (exact) mass is 251 g/mol. The van der Waals surface area contributed by atoms with Crippen molar-refractivity contribution >= 4 is 15.9 Å². The van der Waals surface area contributed by atoms with Crippen molar-refractivity contribution in [3.05, 3.63) is 33.8 Å². The zero-order valence-corrected chi connectivity index (χ0v) is 9.68. The molecule has 3 rings (SSSR count). The van der Waals surface area contributed by atoms with Crippen molar-refractivity contribution in [2.75, 3.05) is 0 Å². The van der Waals surface area contributed by atoms with Gasteiger partial charge in [-0.1, -0.05) is 28.4 Å². The van der Waals surface area contributed by atoms with Crippen molar-refractivity contribution in [3.63, 3.8) is 0 Å². The van der Waals surface area contributed by atoms with E-state index >= 15 is 0 Å². The number of rotatable bonds is 0. The highest BCUT2D eigenvalue weighted by Gasteiger charge is 2.47. The van der Waals surface area contributed by atoms with Gasteiger partial charge in [-0.25, -0.2) is 0 Å². The van der Waals surface area contributed by atoms with Crippen molar-refractivity contribution in [1.29, 1.82) is 0 Å². The van der Waals surface area contributed by atoms with Crippen LogP contribution in [0.4, 0.5) is 0 Å². The largest absolute Gasteiger partial charge is 0.323 e. The Morgan fingerprint density at radius 1 is 1.36 bits per heavy atom. The van der Waals surface area contributed by atoms with Gasteiger partial charge in [0.2, 0.25) is 0 Å². The van der Waals surface area contributed by atoms with Crippen LogP contribution in [-0.2, 0) is 6.42 Å². The van der Waals surface area contributed by atoms with Crippen molar-refractivity contribution in [1.82, 2.24) is 0 Å². The lowest BCUT2D eigenvalue weighted by Gasteiger charge is -2.42. The lowest BCUT2D eigenvalue weighted by Crippen LogP contribution is -2.37. The Morgan fingerprint density at radius 2 is 2.14 bits per heavy atom. The van der Waals surface area contributed by atoms with E-state index in [4.69, 9.17) is 5.73 Å². The Kier molecular flexibility index (Phi) is 1.80. The fourth-order valence-corrected chi connectivity index (χ4v) is 3.33. The highest BCUT2D eigenvalue weighted by Crippen LogP contribution is 2.56. The molecule has 2 aliphatic rings. The zero-order valence-electron chi connectivity index (χ0n) is 8.09. The summed E-state index contributed by atoms with van der Waals surface area (Å²) in [6.45, 7) is 0. The zero-order chi connectivity index (χ0) is 9.76. The highest BCUT2D eigenvalue weighted by molar-refractivity contribution is 9.10. The molecule has 74 valence electrons. The summed E-state index contributed by atoms with van der Waals surface area (Å²) in [5, 5.41) is 0. The van der Waals surface area contributed by atoms with Gasteiger partial charge in [0.1, 0.15) is 0 Å². The van der Waals surface area contributed by atoms with Gasteiger partial charge < -0.3 is 5.73 Å². The Hall–Kier alpha value is -0.340. The maximum atomic E-state index is 6.33. The van der Waals surface area contributed by atoms with Crippen LogP contribution in [-0.4, -0.2) is 0 Å². The fourth-order valence-electron chi connectivity index (χ4n) is 2.95. The second kappa shape index (κ2) is 2.83. The third kappa shape index (κ3) is 1.04. The molecule has 1 saturated carbocycles. The van der Waals surface area contributed by atoms with Gasteiger partial charge in [-0.3, -0.25) is 0 Å². The second-order valence-electron chi connectivity index (χ2n) is 4.71. The van der Waals surface area contributed by atoms with Crippen LogP contribution in [0.2, 0.25) is 0 Å². The smallest absolute Gasteiger partial charge is 0.0358 e. The van der Waals surface area contributed by atoms with E-state index in [2.05, 4.69) is 34.1 Å². The Labute approximate surface area is 92.8 Å². The average Bonchev–Trinajstić information content (AvgIpc) is 2.40. The van der Waals surface area contributed by atoms with Crippen molar-refractivity contribution in [2.24, 2.45) is 11.1 Å². The maximum Gasteiger partial charge on any atom is 0.0358 e. The molecule has 1 fully saturated rings. The number of hydrogen-bond acceptors (Lipinski definition) is 1. The molecular formula is C12H14BrN. The molecule has 2 N–H and O–H groups in total. The molecule has 1 spiro atoms. The predicted molar refractivity (Wildman–Crippen MR) is 61.1 cm³/mol. The minimum atomic E-state index is 0.281. The van der Waals surface area contributed by atoms with Gasteiger partial charge >= 0.3 is 0 Å². The minimum Gasteiger partial charge on any atom is -0.323 e. The SMILES string of the molecule is NC1c2cc(Br)ccc2CC12CCC2. The van der Waals surface area contributed by atoms with E-state index in [1.54, 1.807) is 0 Å². The number of nitrogens with two attached hydrogens (primary N) is 1. The molecule has 0 aromatic heterocycles. The second-order valence-corrected chi connectivity index (χ2v) is 5.63. The number of benzene rings is 1. The average molecular weight is 252 g/mol. The summed E-state index contributed by atoms with van der Waals surface area (Å²) < 4.78 is 1.16. The number of hydrogen-bond donors (Lipinski definition) is 1. The number of halogens is 1. The molecule has 2 heteroatoms. The summed E-state index contributed by atoms with van der Waals surface area (Å²) in [5.74, 6) is 0. The Morgan fingerprint density at radius 3 is 2.79 bits per heavy atom. The standard InChI is InChI=1S/C12H14BrN/c13-9-3-2-8-7-12(4-1-5-12)11(14)10(8)6-9/h2-3,6,11H,1,4-5,7,14H2. The van der Waals surface area contributed by atoms with E-state index in [1.165, 1.54) is 36.8 Å². The predicted octanol–water partition coefficient (Wildman–Crippen LogP) is 3.18. The minimum absolute atomic E-state index is 0.281. The molecule has 1 aromatic rings. The maximum absolute atomic E-state index is 6.33. The van der Waals surface area contributed by atoms with E-state index in [0.29, 0.717) is 5.41 Å². The van der Waals surface area contributed by atoms with Crippen LogP contribution in [0.1, 0.15) is 36.4 Å². The summed E-state index contributed by atoms with van der Waals surface area (Å²) in [5.41, 5.74) is 9.62. The molecule has 14 heavy (non-hydrogen) atoms. The van der Waals surface area contributed by atoms with Crippen LogP contribution in [0.3, 0.4) is 0 Å². The third-order valence-corrected chi connectivity index (χ3v) is 4.49. The third-order valence-electron chi connectivity index (χ3n) is 3.99. The molecule has 0 amide bonds. The highest BCUT2D eigenvalue weighted by atomic mass is 79.9. The fraction of sp³-hybridized carbons (Fsp3) is 0.500. The van der Waals surface area contributed by atoms with Crippen LogP contribution in [0.5, 0.6) is 0 Å². The van der Waals surface area contributed by atoms with Gasteiger partial charge in [-0.05, 0) is 47.9 Å². The van der Waals surface area contributed by atoms with Gasteiger partial charge in [-0.15, -0.1) is 0 Å². The summed E-state index contributed by atoms with van der Waals surface area (Å²) in [4.78, 5) is 0. The Balaban J connectivity index is 2.06. The van der Waals surface area contributed by atoms with Gasteiger partial charge in [0.15, 0.2) is 0 Å². The first kappa shape index (κ1) is 8.93. The molecule has 1 atom stereocenters. The molecule has 0 aliphatic heterocycles. The van der Waals surface area contributed by atoms with Crippen LogP contribution in [0.25, 0.3) is 0 Å². The van der Waals surface area contributed by atoms with Gasteiger partial charge in [0, 0.05) is 10.5 Å². The van der Waals surface area contributed by atoms with Gasteiger partial charge in [0.05, 0.1) is 0 Å². The molecule has 1 unspecified atom stereocenters. The lowest BCUT2D eigenvalue weighted by atomic mass is 9.64. The molecule has 0 saturated heterocycles. The van der Waals surface area contributed by atoms with Crippen molar-refractivity contribution in [3.8, 4) is 0 Å². The number of fused-ring (bicyclic) bond motifs is 1. The van der Waals surface area contributed by atoms with E-state index in [-0.39, 0.29) is 6.04 Å². The molecule has 0 bridgehead atoms. The first-order valence-corrected chi connectivity index (χ1v) is 6.04. The first-order valence-electron chi connectivity index (χ1n) is 5.25. The van der Waals surface area contributed by atoms with Gasteiger partial charge in [-0.2, -0.15) is 0 Å². The first-order chi connectivity index (χ1) is 6.71. The summed E-state index contributed by atoms with van der Waals surface area (Å²) in [7, 11) is 0. The molecule has 2 aliphatic carbocycles. The topological polar surface area (TPSA) is 26.0 Å².